The van der Waals surface area contributed by atoms with E-state index in [-0.39, 0.29) is 0 Å². The van der Waals surface area contributed by atoms with Crippen LogP contribution in [0.2, 0.25) is 0 Å². The molecule has 1 aromatic rings. The third-order valence-electron chi connectivity index (χ3n) is 1.93. The first-order valence-corrected chi connectivity index (χ1v) is 5.30. The van der Waals surface area contributed by atoms with Crippen LogP contribution < -0.4 is 11.2 Å². The van der Waals surface area contributed by atoms with Gasteiger partial charge in [0.1, 0.15) is 16.6 Å². The van der Waals surface area contributed by atoms with Crippen LogP contribution in [0.15, 0.2) is 34.4 Å². The lowest BCUT2D eigenvalue weighted by Gasteiger charge is -2.11. The van der Waals surface area contributed by atoms with Crippen LogP contribution in [0, 0.1) is 5.82 Å². The molecular weight excluding hydrogens is 229 g/mol. The first-order chi connectivity index (χ1) is 7.70. The van der Waals surface area contributed by atoms with Crippen LogP contribution in [0.4, 0.5) is 10.1 Å². The maximum absolute atomic E-state index is 13.5. The van der Waals surface area contributed by atoms with E-state index in [2.05, 4.69) is 10.5 Å². The molecule has 3 N–H and O–H groups in total. The highest BCUT2D eigenvalue weighted by Crippen LogP contribution is 2.22. The average Bonchev–Trinajstić information content (AvgIpc) is 2.29. The lowest BCUT2D eigenvalue weighted by molar-refractivity contribution is -0.105. The Morgan fingerprint density at radius 2 is 2.31 bits per heavy atom. The van der Waals surface area contributed by atoms with Gasteiger partial charge in [-0.1, -0.05) is 11.8 Å². The Balaban J connectivity index is 2.27. The molecule has 0 spiro atoms. The average molecular weight is 237 g/mol. The summed E-state index contributed by atoms with van der Waals surface area (Å²) in [6.07, 6.45) is 0.645. The summed E-state index contributed by atoms with van der Waals surface area (Å²) in [5.41, 5.74) is 9.03. The van der Waals surface area contributed by atoms with E-state index < -0.39 is 5.82 Å². The fraction of sp³-hybridized carbons (Fsp3) is 0. The van der Waals surface area contributed by atoms with E-state index in [1.807, 2.05) is 0 Å². The number of nitrogens with two attached hydrogens (primary N) is 1. The first-order valence-electron chi connectivity index (χ1n) is 4.42. The van der Waals surface area contributed by atoms with Gasteiger partial charge in [-0.3, -0.25) is 10.2 Å². The van der Waals surface area contributed by atoms with Crippen molar-refractivity contribution < 1.29 is 9.18 Å². The van der Waals surface area contributed by atoms with Crippen LogP contribution in [0.25, 0.3) is 0 Å². The standard InChI is InChI=1S/C10H8FN3OS/c11-9-3-6(12)1-2-8(9)10-14-13-7(4-15)5-16-10/h1-5,13H,12H2. The smallest absolute Gasteiger partial charge is 0.168 e. The zero-order chi connectivity index (χ0) is 11.5. The molecule has 0 radical (unpaired) electrons. The summed E-state index contributed by atoms with van der Waals surface area (Å²) in [6, 6.07) is 4.38. The summed E-state index contributed by atoms with van der Waals surface area (Å²) in [6.45, 7) is 0. The number of carbonyl (C=O) groups is 1. The number of anilines is 1. The molecule has 0 bridgehead atoms. The van der Waals surface area contributed by atoms with Gasteiger partial charge in [0.15, 0.2) is 6.29 Å². The van der Waals surface area contributed by atoms with Crippen LogP contribution >= 0.6 is 11.8 Å². The van der Waals surface area contributed by atoms with Crippen molar-refractivity contribution >= 4 is 28.8 Å². The maximum atomic E-state index is 13.5. The van der Waals surface area contributed by atoms with E-state index in [9.17, 15) is 9.18 Å². The molecule has 1 aromatic carbocycles. The lowest BCUT2D eigenvalue weighted by atomic mass is 10.2. The summed E-state index contributed by atoms with van der Waals surface area (Å²) in [7, 11) is 0. The molecule has 1 aliphatic heterocycles. The van der Waals surface area contributed by atoms with Gasteiger partial charge in [-0.2, -0.15) is 5.10 Å². The predicted molar refractivity (Wildman–Crippen MR) is 62.2 cm³/mol. The second-order valence-electron chi connectivity index (χ2n) is 3.08. The Kier molecular flexibility index (Phi) is 2.91. The van der Waals surface area contributed by atoms with Gasteiger partial charge in [0.05, 0.1) is 0 Å². The number of nitrogen functional groups attached to an aromatic ring is 1. The largest absolute Gasteiger partial charge is 0.399 e. The summed E-state index contributed by atoms with van der Waals surface area (Å²) < 4.78 is 13.5. The fourth-order valence-corrected chi connectivity index (χ4v) is 1.91. The van der Waals surface area contributed by atoms with Gasteiger partial charge in [-0.05, 0) is 18.2 Å². The molecule has 1 heterocycles. The van der Waals surface area contributed by atoms with E-state index in [4.69, 9.17) is 5.73 Å². The Labute approximate surface area is 95.4 Å². The highest BCUT2D eigenvalue weighted by atomic mass is 32.2. The zero-order valence-corrected chi connectivity index (χ0v) is 8.92. The molecule has 0 atom stereocenters. The number of hydrazone groups is 1. The zero-order valence-electron chi connectivity index (χ0n) is 8.11. The number of carbonyl (C=O) groups excluding carboxylic acids is 1. The van der Waals surface area contributed by atoms with Gasteiger partial charge in [-0.15, -0.1) is 0 Å². The molecule has 4 nitrogen and oxygen atoms in total. The van der Waals surface area contributed by atoms with Gasteiger partial charge < -0.3 is 5.73 Å². The van der Waals surface area contributed by atoms with E-state index >= 15 is 0 Å². The predicted octanol–water partition coefficient (Wildman–Crippen LogP) is 1.45. The van der Waals surface area contributed by atoms with Crippen LogP contribution in [0.1, 0.15) is 5.56 Å². The Morgan fingerprint density at radius 3 is 2.88 bits per heavy atom. The van der Waals surface area contributed by atoms with Crippen molar-refractivity contribution in [2.45, 2.75) is 0 Å². The van der Waals surface area contributed by atoms with Crippen molar-refractivity contribution in [3.8, 4) is 0 Å². The van der Waals surface area contributed by atoms with Crippen molar-refractivity contribution in [2.24, 2.45) is 5.10 Å². The number of benzene rings is 1. The van der Waals surface area contributed by atoms with Crippen molar-refractivity contribution in [1.29, 1.82) is 0 Å². The Hall–Kier alpha value is -1.82. The SMILES string of the molecule is Nc1ccc(C2=NNC(C=O)=CS2)c(F)c1. The number of thioether (sulfide) groups is 1. The highest BCUT2D eigenvalue weighted by molar-refractivity contribution is 8.17. The maximum Gasteiger partial charge on any atom is 0.168 e. The second-order valence-corrected chi connectivity index (χ2v) is 3.94. The third-order valence-corrected chi connectivity index (χ3v) is 2.84. The van der Waals surface area contributed by atoms with Gasteiger partial charge in [0.2, 0.25) is 0 Å². The quantitative estimate of drug-likeness (QED) is 0.603. The number of nitrogens with one attached hydrogen (secondary N) is 1. The van der Waals surface area contributed by atoms with Crippen LogP contribution in [0.5, 0.6) is 0 Å². The van der Waals surface area contributed by atoms with Crippen molar-refractivity contribution in [2.75, 3.05) is 5.73 Å². The molecule has 0 amide bonds. The number of nitrogens with zero attached hydrogens (tertiary/aromatic N) is 1. The number of rotatable bonds is 2. The minimum atomic E-state index is -0.434. The molecule has 6 heteroatoms. The minimum Gasteiger partial charge on any atom is -0.399 e. The summed E-state index contributed by atoms with van der Waals surface area (Å²) in [5.74, 6) is -0.434. The molecule has 2 rings (SSSR count). The van der Waals surface area contributed by atoms with Gasteiger partial charge in [0.25, 0.3) is 0 Å². The number of hydrogen-bond acceptors (Lipinski definition) is 5. The van der Waals surface area contributed by atoms with Gasteiger partial charge in [0, 0.05) is 16.7 Å². The van der Waals surface area contributed by atoms with Crippen molar-refractivity contribution in [3.05, 3.63) is 40.7 Å². The topological polar surface area (TPSA) is 67.5 Å². The first kappa shape index (κ1) is 10.7. The Morgan fingerprint density at radius 1 is 1.50 bits per heavy atom. The number of allylic oxidation sites excluding steroid dienone is 1. The monoisotopic (exact) mass is 237 g/mol. The number of aldehydes is 1. The van der Waals surface area contributed by atoms with Crippen LogP contribution in [-0.2, 0) is 4.79 Å². The minimum absolute atomic E-state index is 0.351. The molecular formula is C10H8FN3OS. The van der Waals surface area contributed by atoms with Gasteiger partial charge in [-0.25, -0.2) is 4.39 Å². The van der Waals surface area contributed by atoms with Crippen LogP contribution in [-0.4, -0.2) is 11.3 Å². The van der Waals surface area contributed by atoms with Crippen molar-refractivity contribution in [1.82, 2.24) is 5.43 Å². The van der Waals surface area contributed by atoms with E-state index in [1.165, 1.54) is 17.8 Å². The number of hydrogen-bond donors (Lipinski definition) is 2. The molecule has 0 saturated heterocycles. The Bertz CT molecular complexity index is 499. The van der Waals surface area contributed by atoms with E-state index in [0.29, 0.717) is 28.3 Å². The molecule has 0 unspecified atom stereocenters. The lowest BCUT2D eigenvalue weighted by Crippen LogP contribution is -2.14. The third kappa shape index (κ3) is 2.06. The normalized spacial score (nSPS) is 14.8. The molecule has 0 fully saturated rings. The summed E-state index contributed by atoms with van der Waals surface area (Å²) in [5, 5.41) is 5.93. The van der Waals surface area contributed by atoms with E-state index in [1.54, 1.807) is 17.5 Å². The number of halogens is 1. The second kappa shape index (κ2) is 4.36. The van der Waals surface area contributed by atoms with Crippen molar-refractivity contribution in [3.63, 3.8) is 0 Å². The summed E-state index contributed by atoms with van der Waals surface area (Å²) >= 11 is 1.18. The molecule has 1 aliphatic rings. The van der Waals surface area contributed by atoms with Crippen LogP contribution in [0.3, 0.4) is 0 Å². The van der Waals surface area contributed by atoms with Gasteiger partial charge >= 0.3 is 0 Å². The summed E-state index contributed by atoms with van der Waals surface area (Å²) in [4.78, 5) is 10.4. The molecule has 0 saturated carbocycles. The molecule has 82 valence electrons. The van der Waals surface area contributed by atoms with E-state index in [0.717, 1.165) is 0 Å². The molecule has 0 aliphatic carbocycles. The molecule has 0 aromatic heterocycles. The molecule has 16 heavy (non-hydrogen) atoms. The fourth-order valence-electron chi connectivity index (χ4n) is 1.17. The highest BCUT2D eigenvalue weighted by Gasteiger charge is 2.13.